The fraction of sp³-hybridized carbons (Fsp3) is 0.400. The lowest BCUT2D eigenvalue weighted by atomic mass is 9.78. The van der Waals surface area contributed by atoms with Crippen LogP contribution in [0.3, 0.4) is 0 Å². The fourth-order valence-electron chi connectivity index (χ4n) is 2.01. The average molecular weight is 257 g/mol. The SMILES string of the molecule is C=Cc1cc(B2OC(C)(C)C(C)(C)O2)ccc1N=C. The molecule has 0 N–H and O–H groups in total. The lowest BCUT2D eigenvalue weighted by Gasteiger charge is -2.32. The van der Waals surface area contributed by atoms with Gasteiger partial charge in [-0.3, -0.25) is 4.99 Å². The van der Waals surface area contributed by atoms with E-state index in [1.165, 1.54) is 0 Å². The molecule has 1 fully saturated rings. The fourth-order valence-corrected chi connectivity index (χ4v) is 2.01. The van der Waals surface area contributed by atoms with Crippen molar-refractivity contribution in [3.05, 3.63) is 30.3 Å². The summed E-state index contributed by atoms with van der Waals surface area (Å²) in [4.78, 5) is 3.96. The van der Waals surface area contributed by atoms with Gasteiger partial charge in [-0.2, -0.15) is 0 Å². The van der Waals surface area contributed by atoms with E-state index in [1.807, 2.05) is 45.9 Å². The maximum atomic E-state index is 6.02. The lowest BCUT2D eigenvalue weighted by Crippen LogP contribution is -2.41. The van der Waals surface area contributed by atoms with Gasteiger partial charge in [0.2, 0.25) is 0 Å². The van der Waals surface area contributed by atoms with Gasteiger partial charge in [-0.15, -0.1) is 0 Å². The Bertz CT molecular complexity index is 507. The van der Waals surface area contributed by atoms with Crippen LogP contribution >= 0.6 is 0 Å². The molecule has 0 unspecified atom stereocenters. The predicted octanol–water partition coefficient (Wildman–Crippen LogP) is 2.96. The van der Waals surface area contributed by atoms with Gasteiger partial charge in [0.15, 0.2) is 0 Å². The zero-order valence-electron chi connectivity index (χ0n) is 12.1. The Labute approximate surface area is 115 Å². The summed E-state index contributed by atoms with van der Waals surface area (Å²) in [5, 5.41) is 0. The molecular weight excluding hydrogens is 237 g/mol. The smallest absolute Gasteiger partial charge is 0.399 e. The van der Waals surface area contributed by atoms with Crippen LogP contribution in [0.5, 0.6) is 0 Å². The molecule has 3 nitrogen and oxygen atoms in total. The standard InChI is InChI=1S/C15H20BNO2/c1-7-11-10-12(8-9-13(11)17-6)16-18-14(2,3)15(4,5)19-16/h7-10H,1,6H2,2-5H3. The Morgan fingerprint density at radius 3 is 2.21 bits per heavy atom. The Kier molecular flexibility index (Phi) is 3.41. The van der Waals surface area contributed by atoms with Crippen LogP contribution in [0, 0.1) is 0 Å². The van der Waals surface area contributed by atoms with Crippen molar-refractivity contribution in [2.75, 3.05) is 0 Å². The molecule has 1 aromatic carbocycles. The van der Waals surface area contributed by atoms with E-state index >= 15 is 0 Å². The molecule has 0 amide bonds. The van der Waals surface area contributed by atoms with Crippen molar-refractivity contribution in [2.45, 2.75) is 38.9 Å². The van der Waals surface area contributed by atoms with Crippen LogP contribution in [0.2, 0.25) is 0 Å². The van der Waals surface area contributed by atoms with Crippen LogP contribution in [-0.4, -0.2) is 25.0 Å². The molecule has 4 heteroatoms. The zero-order valence-corrected chi connectivity index (χ0v) is 12.1. The van der Waals surface area contributed by atoms with Crippen molar-refractivity contribution in [1.29, 1.82) is 0 Å². The predicted molar refractivity (Wildman–Crippen MR) is 81.5 cm³/mol. The number of hydrogen-bond acceptors (Lipinski definition) is 3. The third-order valence-electron chi connectivity index (χ3n) is 3.97. The second kappa shape index (κ2) is 4.62. The van der Waals surface area contributed by atoms with Crippen molar-refractivity contribution in [2.24, 2.45) is 4.99 Å². The van der Waals surface area contributed by atoms with E-state index in [-0.39, 0.29) is 18.3 Å². The quantitative estimate of drug-likeness (QED) is 0.615. The Hall–Kier alpha value is -1.39. The molecule has 1 heterocycles. The topological polar surface area (TPSA) is 30.8 Å². The van der Waals surface area contributed by atoms with Crippen LogP contribution < -0.4 is 5.46 Å². The van der Waals surface area contributed by atoms with Crippen LogP contribution in [0.25, 0.3) is 6.08 Å². The zero-order chi connectivity index (χ0) is 14.3. The molecule has 0 aromatic heterocycles. The van der Waals surface area contributed by atoms with E-state index < -0.39 is 0 Å². The van der Waals surface area contributed by atoms with Gasteiger partial charge in [0.25, 0.3) is 0 Å². The minimum atomic E-state index is -0.359. The van der Waals surface area contributed by atoms with Gasteiger partial charge in [-0.05, 0) is 51.5 Å². The van der Waals surface area contributed by atoms with Crippen LogP contribution in [0.15, 0.2) is 29.8 Å². The van der Waals surface area contributed by atoms with E-state index in [1.54, 1.807) is 6.08 Å². The minimum Gasteiger partial charge on any atom is -0.399 e. The number of rotatable bonds is 3. The summed E-state index contributed by atoms with van der Waals surface area (Å²) < 4.78 is 12.0. The highest BCUT2D eigenvalue weighted by atomic mass is 16.7. The van der Waals surface area contributed by atoms with Crippen molar-refractivity contribution < 1.29 is 9.31 Å². The van der Waals surface area contributed by atoms with Crippen molar-refractivity contribution in [1.82, 2.24) is 0 Å². The Morgan fingerprint density at radius 2 is 1.74 bits per heavy atom. The largest absolute Gasteiger partial charge is 0.494 e. The second-order valence-corrected chi connectivity index (χ2v) is 5.77. The Morgan fingerprint density at radius 1 is 1.16 bits per heavy atom. The summed E-state index contributed by atoms with van der Waals surface area (Å²) in [5.41, 5.74) is 2.06. The lowest BCUT2D eigenvalue weighted by molar-refractivity contribution is 0.00578. The van der Waals surface area contributed by atoms with Gasteiger partial charge >= 0.3 is 7.12 Å². The third kappa shape index (κ3) is 2.38. The molecule has 0 radical (unpaired) electrons. The molecule has 0 atom stereocenters. The van der Waals surface area contributed by atoms with E-state index in [2.05, 4.69) is 18.3 Å². The maximum absolute atomic E-state index is 6.02. The van der Waals surface area contributed by atoms with Gasteiger partial charge in [0.05, 0.1) is 16.9 Å². The number of aliphatic imine (C=N–C) groups is 1. The van der Waals surface area contributed by atoms with Gasteiger partial charge < -0.3 is 9.31 Å². The van der Waals surface area contributed by atoms with E-state index in [9.17, 15) is 0 Å². The Balaban J connectivity index is 2.35. The normalized spacial score (nSPS) is 20.3. The number of hydrogen-bond donors (Lipinski definition) is 0. The molecule has 1 aromatic rings. The van der Waals surface area contributed by atoms with Gasteiger partial charge in [-0.25, -0.2) is 0 Å². The van der Waals surface area contributed by atoms with Crippen molar-refractivity contribution >= 4 is 31.1 Å². The summed E-state index contributed by atoms with van der Waals surface area (Å²) in [7, 11) is -0.359. The molecule has 0 aliphatic carbocycles. The van der Waals surface area contributed by atoms with Gasteiger partial charge in [0, 0.05) is 0 Å². The molecule has 1 aliphatic rings. The summed E-state index contributed by atoms with van der Waals surface area (Å²) >= 11 is 0. The molecular formula is C15H20BNO2. The summed E-state index contributed by atoms with van der Waals surface area (Å²) in [6, 6.07) is 5.85. The average Bonchev–Trinajstić information content (AvgIpc) is 2.57. The van der Waals surface area contributed by atoms with Crippen LogP contribution in [0.4, 0.5) is 5.69 Å². The van der Waals surface area contributed by atoms with Gasteiger partial charge in [0.1, 0.15) is 0 Å². The first-order valence-electron chi connectivity index (χ1n) is 6.39. The molecule has 0 bridgehead atoms. The molecule has 2 rings (SSSR count). The first-order chi connectivity index (χ1) is 8.80. The molecule has 100 valence electrons. The van der Waals surface area contributed by atoms with E-state index in [0.29, 0.717) is 0 Å². The molecule has 1 aliphatic heterocycles. The molecule has 19 heavy (non-hydrogen) atoms. The van der Waals surface area contributed by atoms with Crippen LogP contribution in [-0.2, 0) is 9.31 Å². The van der Waals surface area contributed by atoms with Gasteiger partial charge in [-0.1, -0.05) is 24.8 Å². The number of benzene rings is 1. The van der Waals surface area contributed by atoms with E-state index in [4.69, 9.17) is 9.31 Å². The summed E-state index contributed by atoms with van der Waals surface area (Å²) in [5.74, 6) is 0. The number of nitrogens with zero attached hydrogens (tertiary/aromatic N) is 1. The highest BCUT2D eigenvalue weighted by molar-refractivity contribution is 6.62. The maximum Gasteiger partial charge on any atom is 0.494 e. The van der Waals surface area contributed by atoms with Crippen molar-refractivity contribution in [3.8, 4) is 0 Å². The highest BCUT2D eigenvalue weighted by Gasteiger charge is 2.51. The minimum absolute atomic E-state index is 0.332. The molecule has 0 spiro atoms. The summed E-state index contributed by atoms with van der Waals surface area (Å²) in [6.45, 7) is 15.5. The summed E-state index contributed by atoms with van der Waals surface area (Å²) in [6.07, 6.45) is 1.76. The van der Waals surface area contributed by atoms with Crippen LogP contribution in [0.1, 0.15) is 33.3 Å². The second-order valence-electron chi connectivity index (χ2n) is 5.77. The van der Waals surface area contributed by atoms with Crippen molar-refractivity contribution in [3.63, 3.8) is 0 Å². The molecule has 0 saturated carbocycles. The monoisotopic (exact) mass is 257 g/mol. The first-order valence-corrected chi connectivity index (χ1v) is 6.39. The first kappa shape index (κ1) is 14.0. The highest BCUT2D eigenvalue weighted by Crippen LogP contribution is 2.36. The molecule has 1 saturated heterocycles. The third-order valence-corrected chi connectivity index (χ3v) is 3.97. The van der Waals surface area contributed by atoms with E-state index in [0.717, 1.165) is 16.7 Å².